The number of anilines is 4. The molecule has 3 aromatic carbocycles. The molecule has 0 bridgehead atoms. The highest BCUT2D eigenvalue weighted by Crippen LogP contribution is 2.33. The van der Waals surface area contributed by atoms with Crippen LogP contribution in [0.25, 0.3) is 0 Å². The first kappa shape index (κ1) is 25.3. The average molecular weight is 481 g/mol. The molecule has 3 aromatic rings. The Hall–Kier alpha value is -4.34. The van der Waals surface area contributed by atoms with Crippen molar-refractivity contribution in [2.24, 2.45) is 0 Å². The van der Waals surface area contributed by atoms with Crippen LogP contribution in [0.3, 0.4) is 0 Å². The zero-order valence-electron chi connectivity index (χ0n) is 20.2. The number of phenolic OH excluding ortho intramolecular Hbond substituents is 1. The van der Waals surface area contributed by atoms with Crippen LogP contribution in [0.2, 0.25) is 0 Å². The summed E-state index contributed by atoms with van der Waals surface area (Å²) < 4.78 is 5.24. The molecule has 0 unspecified atom stereocenters. The largest absolute Gasteiger partial charge is 0.505 e. The number of para-hydroxylation sites is 2. The lowest BCUT2D eigenvalue weighted by atomic mass is 10.1. The molecule has 0 atom stereocenters. The number of amides is 2. The van der Waals surface area contributed by atoms with E-state index in [0.29, 0.717) is 11.3 Å². The van der Waals surface area contributed by atoms with Crippen molar-refractivity contribution in [2.45, 2.75) is 32.9 Å². The topological polar surface area (TPSA) is 137 Å². The van der Waals surface area contributed by atoms with Gasteiger partial charge in [0, 0.05) is 26.3 Å². The van der Waals surface area contributed by atoms with E-state index in [0.717, 1.165) is 0 Å². The van der Waals surface area contributed by atoms with E-state index in [1.807, 2.05) is 0 Å². The van der Waals surface area contributed by atoms with E-state index in [-0.39, 0.29) is 34.9 Å². The third kappa shape index (κ3) is 5.78. The van der Waals surface area contributed by atoms with Gasteiger partial charge in [-0.2, -0.15) is 0 Å². The minimum Gasteiger partial charge on any atom is -0.505 e. The smallest absolute Gasteiger partial charge is 0.407 e. The lowest BCUT2D eigenvalue weighted by molar-refractivity contribution is 0.0523. The van der Waals surface area contributed by atoms with Crippen molar-refractivity contribution in [2.75, 3.05) is 24.7 Å². The van der Waals surface area contributed by atoms with E-state index < -0.39 is 28.5 Å². The Bertz CT molecular complexity index is 1330. The van der Waals surface area contributed by atoms with Crippen molar-refractivity contribution < 1.29 is 19.4 Å². The van der Waals surface area contributed by atoms with Crippen molar-refractivity contribution in [3.05, 3.63) is 74.0 Å². The Morgan fingerprint density at radius 3 is 2.09 bits per heavy atom. The van der Waals surface area contributed by atoms with Crippen LogP contribution in [0, 0.1) is 0 Å². The minimum absolute atomic E-state index is 0.00320. The summed E-state index contributed by atoms with van der Waals surface area (Å²) in [5, 5.41) is 18.9. The van der Waals surface area contributed by atoms with Gasteiger partial charge in [-0.3, -0.25) is 14.4 Å². The molecule has 0 aliphatic rings. The van der Waals surface area contributed by atoms with Gasteiger partial charge < -0.3 is 30.7 Å². The molecule has 35 heavy (non-hydrogen) atoms. The van der Waals surface area contributed by atoms with Gasteiger partial charge in [-0.1, -0.05) is 24.3 Å². The number of phenols is 1. The van der Waals surface area contributed by atoms with Crippen LogP contribution >= 0.6 is 0 Å². The Morgan fingerprint density at radius 1 is 0.914 bits per heavy atom. The molecule has 0 spiro atoms. The Labute approximate surface area is 202 Å². The summed E-state index contributed by atoms with van der Waals surface area (Å²) in [6, 6.07) is 11.4. The SMILES string of the molecule is CN(C)C(=O)c1cccc(Nc2c(Nc3ccccc3CNC(=O)OC(C)(C)C)c(=O)c2=O)c1O. The quantitative estimate of drug-likeness (QED) is 0.299. The minimum atomic E-state index is -0.763. The van der Waals surface area contributed by atoms with Gasteiger partial charge >= 0.3 is 6.09 Å². The third-order valence-corrected chi connectivity index (χ3v) is 4.94. The number of nitrogens with one attached hydrogen (secondary N) is 3. The van der Waals surface area contributed by atoms with Crippen LogP contribution in [0.5, 0.6) is 5.75 Å². The summed E-state index contributed by atoms with van der Waals surface area (Å²) >= 11 is 0. The summed E-state index contributed by atoms with van der Waals surface area (Å²) in [4.78, 5) is 50.2. The highest BCUT2D eigenvalue weighted by molar-refractivity contribution is 5.99. The van der Waals surface area contributed by atoms with E-state index in [1.54, 1.807) is 65.2 Å². The van der Waals surface area contributed by atoms with Gasteiger partial charge in [0.05, 0.1) is 11.3 Å². The van der Waals surface area contributed by atoms with E-state index in [9.17, 15) is 24.3 Å². The number of hydrogen-bond donors (Lipinski definition) is 4. The maximum absolute atomic E-state index is 12.3. The fourth-order valence-electron chi connectivity index (χ4n) is 3.24. The molecule has 0 heterocycles. The predicted molar refractivity (Wildman–Crippen MR) is 134 cm³/mol. The van der Waals surface area contributed by atoms with Crippen molar-refractivity contribution in [3.8, 4) is 5.75 Å². The second kappa shape index (κ2) is 9.88. The van der Waals surface area contributed by atoms with Crippen LogP contribution in [0.1, 0.15) is 36.7 Å². The van der Waals surface area contributed by atoms with Crippen LogP contribution < -0.4 is 26.8 Å². The van der Waals surface area contributed by atoms with Crippen molar-refractivity contribution in [1.29, 1.82) is 0 Å². The zero-order valence-corrected chi connectivity index (χ0v) is 20.2. The highest BCUT2D eigenvalue weighted by Gasteiger charge is 2.24. The summed E-state index contributed by atoms with van der Waals surface area (Å²) in [6.07, 6.45) is -0.591. The average Bonchev–Trinajstić information content (AvgIpc) is 2.79. The molecule has 10 nitrogen and oxygen atoms in total. The lowest BCUT2D eigenvalue weighted by Crippen LogP contribution is -2.36. The number of ether oxygens (including phenoxy) is 1. The standard InChI is InChI=1S/C25H28N4O6/c1-25(2,3)35-24(34)26-13-14-9-6-7-11-16(14)27-18-19(22(32)21(18)31)28-17-12-8-10-15(20(17)30)23(33)29(4)5/h6-12,27-28,30H,13H2,1-5H3,(H,26,34). The first-order valence-corrected chi connectivity index (χ1v) is 10.8. The monoisotopic (exact) mass is 480 g/mol. The molecule has 0 radical (unpaired) electrons. The fourth-order valence-corrected chi connectivity index (χ4v) is 3.24. The summed E-state index contributed by atoms with van der Waals surface area (Å²) in [5.41, 5.74) is -0.884. The summed E-state index contributed by atoms with van der Waals surface area (Å²) in [5.74, 6) is -0.756. The molecule has 0 saturated heterocycles. The summed E-state index contributed by atoms with van der Waals surface area (Å²) in [6.45, 7) is 5.39. The molecular weight excluding hydrogens is 452 g/mol. The molecule has 4 N–H and O–H groups in total. The number of aromatic hydroxyl groups is 1. The van der Waals surface area contributed by atoms with Gasteiger partial charge in [0.1, 0.15) is 17.0 Å². The number of rotatable bonds is 7. The first-order chi connectivity index (χ1) is 16.4. The molecule has 2 amide bonds. The first-order valence-electron chi connectivity index (χ1n) is 10.8. The maximum Gasteiger partial charge on any atom is 0.407 e. The van der Waals surface area contributed by atoms with Gasteiger partial charge in [0.15, 0.2) is 5.75 Å². The van der Waals surface area contributed by atoms with Crippen LogP contribution in [0.4, 0.5) is 27.5 Å². The Morgan fingerprint density at radius 2 is 1.49 bits per heavy atom. The maximum atomic E-state index is 12.3. The molecule has 0 saturated carbocycles. The summed E-state index contributed by atoms with van der Waals surface area (Å²) in [7, 11) is 3.10. The lowest BCUT2D eigenvalue weighted by Gasteiger charge is -2.21. The van der Waals surface area contributed by atoms with E-state index in [4.69, 9.17) is 4.74 Å². The molecule has 0 aliphatic heterocycles. The molecule has 0 aliphatic carbocycles. The number of benzene rings is 2. The number of carbonyl (C=O) groups is 2. The van der Waals surface area contributed by atoms with Crippen molar-refractivity contribution in [3.63, 3.8) is 0 Å². The van der Waals surface area contributed by atoms with E-state index >= 15 is 0 Å². The van der Waals surface area contributed by atoms with Crippen LogP contribution in [-0.2, 0) is 11.3 Å². The normalized spacial score (nSPS) is 11.1. The number of hydrogen-bond acceptors (Lipinski definition) is 8. The predicted octanol–water partition coefficient (Wildman–Crippen LogP) is 3.20. The van der Waals surface area contributed by atoms with Gasteiger partial charge in [-0.25, -0.2) is 4.79 Å². The van der Waals surface area contributed by atoms with Crippen molar-refractivity contribution >= 4 is 34.7 Å². The molecular formula is C25H28N4O6. The molecule has 3 rings (SSSR count). The van der Waals surface area contributed by atoms with Gasteiger partial charge in [-0.05, 0) is 44.5 Å². The molecule has 184 valence electrons. The molecule has 0 aromatic heterocycles. The van der Waals surface area contributed by atoms with Gasteiger partial charge in [-0.15, -0.1) is 0 Å². The molecule has 10 heteroatoms. The Balaban J connectivity index is 1.83. The van der Waals surface area contributed by atoms with Gasteiger partial charge in [0.2, 0.25) is 0 Å². The van der Waals surface area contributed by atoms with Gasteiger partial charge in [0.25, 0.3) is 16.8 Å². The molecule has 0 fully saturated rings. The highest BCUT2D eigenvalue weighted by atomic mass is 16.6. The van der Waals surface area contributed by atoms with Crippen LogP contribution in [-0.4, -0.2) is 41.7 Å². The zero-order chi connectivity index (χ0) is 25.9. The number of carbonyl (C=O) groups excluding carboxylic acids is 2. The van der Waals surface area contributed by atoms with E-state index in [2.05, 4.69) is 16.0 Å². The second-order valence-electron chi connectivity index (χ2n) is 9.07. The third-order valence-electron chi connectivity index (χ3n) is 4.94. The number of nitrogens with zero attached hydrogens (tertiary/aromatic N) is 1. The fraction of sp³-hybridized carbons (Fsp3) is 0.280. The Kier molecular flexibility index (Phi) is 7.14. The van der Waals surface area contributed by atoms with Crippen molar-refractivity contribution in [1.82, 2.24) is 10.2 Å². The van der Waals surface area contributed by atoms with Crippen LogP contribution in [0.15, 0.2) is 52.1 Å². The second-order valence-corrected chi connectivity index (χ2v) is 9.07. The van der Waals surface area contributed by atoms with E-state index in [1.165, 1.54) is 17.0 Å². The number of alkyl carbamates (subject to hydrolysis) is 1.